The molecule has 1 aromatic heterocycles. The Hall–Kier alpha value is -1.83. The smallest absolute Gasteiger partial charge is 0.250 e. The van der Waals surface area contributed by atoms with Crippen LogP contribution in [0.4, 0.5) is 0 Å². The van der Waals surface area contributed by atoms with Gasteiger partial charge in [-0.1, -0.05) is 12.1 Å². The molecule has 86 valence electrons. The Balaban J connectivity index is 2.20. The second-order valence-corrected chi connectivity index (χ2v) is 4.63. The van der Waals surface area contributed by atoms with Gasteiger partial charge in [0.15, 0.2) is 0 Å². The number of benzene rings is 1. The van der Waals surface area contributed by atoms with Gasteiger partial charge >= 0.3 is 0 Å². The number of rotatable bonds is 1. The first-order valence-corrected chi connectivity index (χ1v) is 6.05. The van der Waals surface area contributed by atoms with Crippen LogP contribution < -0.4 is 5.56 Å². The van der Waals surface area contributed by atoms with Gasteiger partial charge in [0.1, 0.15) is 0 Å². The zero-order chi connectivity index (χ0) is 11.8. The molecule has 1 aliphatic rings. The Morgan fingerprint density at radius 3 is 2.82 bits per heavy atom. The van der Waals surface area contributed by atoms with Crippen molar-refractivity contribution in [2.75, 3.05) is 0 Å². The minimum absolute atomic E-state index is 0.0466. The second kappa shape index (κ2) is 3.88. The number of pyridine rings is 1. The van der Waals surface area contributed by atoms with E-state index in [1.807, 2.05) is 19.2 Å². The first-order chi connectivity index (χ1) is 8.25. The molecule has 1 aliphatic carbocycles. The molecule has 0 saturated heterocycles. The SMILES string of the molecule is Cn1c(=O)ccc2cc(C3=CCCC3)ccc21. The van der Waals surface area contributed by atoms with E-state index < -0.39 is 0 Å². The van der Waals surface area contributed by atoms with Gasteiger partial charge in [0.05, 0.1) is 5.52 Å². The van der Waals surface area contributed by atoms with Crippen molar-refractivity contribution in [2.24, 2.45) is 7.05 Å². The maximum Gasteiger partial charge on any atom is 0.250 e. The van der Waals surface area contributed by atoms with Gasteiger partial charge in [-0.25, -0.2) is 0 Å². The van der Waals surface area contributed by atoms with E-state index >= 15 is 0 Å². The summed E-state index contributed by atoms with van der Waals surface area (Å²) >= 11 is 0. The van der Waals surface area contributed by atoms with Crippen molar-refractivity contribution in [1.29, 1.82) is 0 Å². The molecule has 2 aromatic rings. The maximum atomic E-state index is 11.5. The first-order valence-electron chi connectivity index (χ1n) is 6.05. The van der Waals surface area contributed by atoms with E-state index in [4.69, 9.17) is 0 Å². The molecule has 17 heavy (non-hydrogen) atoms. The van der Waals surface area contributed by atoms with Gasteiger partial charge in [0, 0.05) is 13.1 Å². The maximum absolute atomic E-state index is 11.5. The van der Waals surface area contributed by atoms with Crippen LogP contribution in [0.5, 0.6) is 0 Å². The molecule has 1 heterocycles. The van der Waals surface area contributed by atoms with Crippen molar-refractivity contribution in [2.45, 2.75) is 19.3 Å². The Labute approximate surface area is 100 Å². The Morgan fingerprint density at radius 1 is 1.18 bits per heavy atom. The van der Waals surface area contributed by atoms with Gasteiger partial charge in [-0.15, -0.1) is 0 Å². The number of hydrogen-bond acceptors (Lipinski definition) is 1. The number of aromatic nitrogens is 1. The highest BCUT2D eigenvalue weighted by molar-refractivity contribution is 5.84. The lowest BCUT2D eigenvalue weighted by molar-refractivity contribution is 0.906. The van der Waals surface area contributed by atoms with Crippen LogP contribution in [0, 0.1) is 0 Å². The summed E-state index contributed by atoms with van der Waals surface area (Å²) in [4.78, 5) is 11.5. The van der Waals surface area contributed by atoms with Crippen molar-refractivity contribution < 1.29 is 0 Å². The van der Waals surface area contributed by atoms with Gasteiger partial charge < -0.3 is 4.57 Å². The fraction of sp³-hybridized carbons (Fsp3) is 0.267. The number of aryl methyl sites for hydroxylation is 1. The first kappa shape index (κ1) is 10.3. The fourth-order valence-corrected chi connectivity index (χ4v) is 2.52. The third kappa shape index (κ3) is 1.70. The zero-order valence-electron chi connectivity index (χ0n) is 9.94. The van der Waals surface area contributed by atoms with E-state index in [2.05, 4.69) is 18.2 Å². The molecule has 3 rings (SSSR count). The highest BCUT2D eigenvalue weighted by atomic mass is 16.1. The van der Waals surface area contributed by atoms with Crippen LogP contribution in [0.3, 0.4) is 0 Å². The quantitative estimate of drug-likeness (QED) is 0.731. The molecule has 2 heteroatoms. The summed E-state index contributed by atoms with van der Waals surface area (Å²) < 4.78 is 1.70. The highest BCUT2D eigenvalue weighted by Gasteiger charge is 2.08. The molecule has 0 radical (unpaired) electrons. The third-order valence-electron chi connectivity index (χ3n) is 3.54. The largest absolute Gasteiger partial charge is 0.311 e. The summed E-state index contributed by atoms with van der Waals surface area (Å²) in [5, 5.41) is 1.14. The summed E-state index contributed by atoms with van der Waals surface area (Å²) in [5.41, 5.74) is 3.79. The van der Waals surface area contributed by atoms with Gasteiger partial charge in [-0.2, -0.15) is 0 Å². The van der Waals surface area contributed by atoms with Gasteiger partial charge in [-0.3, -0.25) is 4.79 Å². The topological polar surface area (TPSA) is 22.0 Å². The molecular formula is C15H15NO. The summed E-state index contributed by atoms with van der Waals surface area (Å²) in [6, 6.07) is 9.90. The Bertz CT molecular complexity index is 664. The zero-order valence-corrected chi connectivity index (χ0v) is 9.94. The summed E-state index contributed by atoms with van der Waals surface area (Å²) in [7, 11) is 1.82. The highest BCUT2D eigenvalue weighted by Crippen LogP contribution is 2.29. The molecule has 0 saturated carbocycles. The van der Waals surface area contributed by atoms with Crippen LogP contribution >= 0.6 is 0 Å². The van der Waals surface area contributed by atoms with Crippen molar-refractivity contribution in [3.8, 4) is 0 Å². The number of nitrogens with zero attached hydrogens (tertiary/aromatic N) is 1. The van der Waals surface area contributed by atoms with Crippen LogP contribution in [0.25, 0.3) is 16.5 Å². The summed E-state index contributed by atoms with van der Waals surface area (Å²) in [6.45, 7) is 0. The molecule has 1 aromatic carbocycles. The number of fused-ring (bicyclic) bond motifs is 1. The molecular weight excluding hydrogens is 210 g/mol. The summed E-state index contributed by atoms with van der Waals surface area (Å²) in [6.07, 6.45) is 5.96. The molecule has 0 unspecified atom stereocenters. The minimum Gasteiger partial charge on any atom is -0.311 e. The van der Waals surface area contributed by atoms with Crippen molar-refractivity contribution in [3.05, 3.63) is 52.3 Å². The van der Waals surface area contributed by atoms with Crippen molar-refractivity contribution in [1.82, 2.24) is 4.57 Å². The van der Waals surface area contributed by atoms with E-state index in [9.17, 15) is 4.79 Å². The molecule has 0 aliphatic heterocycles. The van der Waals surface area contributed by atoms with E-state index in [0.29, 0.717) is 0 Å². The van der Waals surface area contributed by atoms with Gasteiger partial charge in [-0.05, 0) is 54.0 Å². The van der Waals surface area contributed by atoms with E-state index in [0.717, 1.165) is 10.9 Å². The molecule has 0 atom stereocenters. The molecule has 0 amide bonds. The van der Waals surface area contributed by atoms with Crippen molar-refractivity contribution >= 4 is 16.5 Å². The normalized spacial score (nSPS) is 15.2. The molecule has 0 spiro atoms. The Morgan fingerprint density at radius 2 is 2.06 bits per heavy atom. The van der Waals surface area contributed by atoms with E-state index in [-0.39, 0.29) is 5.56 Å². The van der Waals surface area contributed by atoms with Gasteiger partial charge in [0.25, 0.3) is 5.56 Å². The standard InChI is InChI=1S/C15H15NO/c1-16-14-8-6-12(11-4-2-3-5-11)10-13(14)7-9-15(16)17/h4,6-10H,2-3,5H2,1H3. The van der Waals surface area contributed by atoms with Crippen LogP contribution in [0.15, 0.2) is 41.2 Å². The molecule has 0 fully saturated rings. The van der Waals surface area contributed by atoms with E-state index in [1.165, 1.54) is 30.4 Å². The predicted molar refractivity (Wildman–Crippen MR) is 71.0 cm³/mol. The van der Waals surface area contributed by atoms with Crippen LogP contribution in [-0.2, 0) is 7.05 Å². The number of hydrogen-bond donors (Lipinski definition) is 0. The monoisotopic (exact) mass is 225 g/mol. The van der Waals surface area contributed by atoms with Crippen LogP contribution in [0.2, 0.25) is 0 Å². The Kier molecular flexibility index (Phi) is 2.36. The lowest BCUT2D eigenvalue weighted by Gasteiger charge is -2.07. The minimum atomic E-state index is 0.0466. The lowest BCUT2D eigenvalue weighted by Crippen LogP contribution is -2.14. The summed E-state index contributed by atoms with van der Waals surface area (Å²) in [5.74, 6) is 0. The predicted octanol–water partition coefficient (Wildman–Crippen LogP) is 3.11. The van der Waals surface area contributed by atoms with Crippen molar-refractivity contribution in [3.63, 3.8) is 0 Å². The van der Waals surface area contributed by atoms with Crippen LogP contribution in [0.1, 0.15) is 24.8 Å². The average molecular weight is 225 g/mol. The van der Waals surface area contributed by atoms with Crippen LogP contribution in [-0.4, -0.2) is 4.57 Å². The second-order valence-electron chi connectivity index (χ2n) is 4.63. The molecule has 0 bridgehead atoms. The number of allylic oxidation sites excluding steroid dienone is 2. The van der Waals surface area contributed by atoms with Gasteiger partial charge in [0.2, 0.25) is 0 Å². The fourth-order valence-electron chi connectivity index (χ4n) is 2.52. The molecule has 0 N–H and O–H groups in total. The van der Waals surface area contributed by atoms with E-state index in [1.54, 1.807) is 10.6 Å². The third-order valence-corrected chi connectivity index (χ3v) is 3.54. The lowest BCUT2D eigenvalue weighted by atomic mass is 10.0. The average Bonchev–Trinajstić information content (AvgIpc) is 2.87. The molecule has 2 nitrogen and oxygen atoms in total.